The summed E-state index contributed by atoms with van der Waals surface area (Å²) in [4.78, 5) is 13.8. The van der Waals surface area contributed by atoms with Crippen molar-refractivity contribution in [3.05, 3.63) is 73.8 Å². The van der Waals surface area contributed by atoms with E-state index in [-0.39, 0.29) is 0 Å². The van der Waals surface area contributed by atoms with Gasteiger partial charge in [-0.3, -0.25) is 9.98 Å². The second-order valence-electron chi connectivity index (χ2n) is 5.42. The molecular formula is C19H10Br3N3. The van der Waals surface area contributed by atoms with E-state index in [0.717, 1.165) is 46.6 Å². The maximum absolute atomic E-state index is 4.74. The Kier molecular flexibility index (Phi) is 4.67. The van der Waals surface area contributed by atoms with Gasteiger partial charge < -0.3 is 0 Å². The number of benzene rings is 2. The average molecular weight is 520 g/mol. The van der Waals surface area contributed by atoms with Crippen LogP contribution in [0.5, 0.6) is 0 Å². The summed E-state index contributed by atoms with van der Waals surface area (Å²) in [6.07, 6.45) is 3.56. The number of hydrogen-bond acceptors (Lipinski definition) is 3. The van der Waals surface area contributed by atoms with E-state index in [1.165, 1.54) is 0 Å². The van der Waals surface area contributed by atoms with Crippen LogP contribution in [-0.2, 0) is 0 Å². The van der Waals surface area contributed by atoms with Crippen molar-refractivity contribution < 1.29 is 0 Å². The molecule has 0 fully saturated rings. The Balaban J connectivity index is 1.81. The average Bonchev–Trinajstić information content (AvgIpc) is 2.60. The number of aliphatic imine (C=N–C) groups is 1. The van der Waals surface area contributed by atoms with Gasteiger partial charge in [0.2, 0.25) is 0 Å². The number of fused-ring (bicyclic) bond motifs is 3. The molecule has 2 heterocycles. The van der Waals surface area contributed by atoms with Crippen molar-refractivity contribution in [3.8, 4) is 0 Å². The summed E-state index contributed by atoms with van der Waals surface area (Å²) in [5.41, 5.74) is 3.39. The van der Waals surface area contributed by atoms with E-state index in [1.54, 1.807) is 12.4 Å². The van der Waals surface area contributed by atoms with Gasteiger partial charge in [-0.05, 0) is 56.1 Å². The zero-order valence-corrected chi connectivity index (χ0v) is 17.5. The molecule has 0 aliphatic carbocycles. The second-order valence-corrected chi connectivity index (χ2v) is 8.05. The maximum atomic E-state index is 4.74. The van der Waals surface area contributed by atoms with Crippen molar-refractivity contribution in [2.24, 2.45) is 4.99 Å². The smallest absolute Gasteiger partial charge is 0.0972 e. The van der Waals surface area contributed by atoms with Crippen LogP contribution >= 0.6 is 47.8 Å². The van der Waals surface area contributed by atoms with Crippen molar-refractivity contribution in [3.63, 3.8) is 0 Å². The Hall–Kier alpha value is -1.63. The van der Waals surface area contributed by atoms with E-state index in [2.05, 4.69) is 69.9 Å². The molecule has 0 bridgehead atoms. The molecule has 4 rings (SSSR count). The predicted octanol–water partition coefficient (Wildman–Crippen LogP) is 6.82. The molecule has 0 saturated carbocycles. The molecule has 4 aromatic rings. The van der Waals surface area contributed by atoms with Gasteiger partial charge in [-0.15, -0.1) is 0 Å². The van der Waals surface area contributed by atoms with Gasteiger partial charge in [-0.2, -0.15) is 0 Å². The third-order valence-electron chi connectivity index (χ3n) is 3.76. The summed E-state index contributed by atoms with van der Waals surface area (Å²) >= 11 is 10.5. The van der Waals surface area contributed by atoms with Crippen LogP contribution < -0.4 is 0 Å². The third kappa shape index (κ3) is 3.38. The lowest BCUT2D eigenvalue weighted by atomic mass is 10.1. The lowest BCUT2D eigenvalue weighted by Gasteiger charge is -2.04. The van der Waals surface area contributed by atoms with Gasteiger partial charge in [-0.25, -0.2) is 4.98 Å². The van der Waals surface area contributed by atoms with Crippen LogP contribution in [0.4, 0.5) is 5.69 Å². The van der Waals surface area contributed by atoms with Crippen molar-refractivity contribution in [2.45, 2.75) is 0 Å². The lowest BCUT2D eigenvalue weighted by molar-refractivity contribution is 1.35. The molecule has 2 aromatic carbocycles. The highest BCUT2D eigenvalue weighted by Gasteiger charge is 2.06. The Morgan fingerprint density at radius 2 is 1.52 bits per heavy atom. The number of aromatic nitrogens is 2. The minimum Gasteiger partial charge on any atom is -0.254 e. The summed E-state index contributed by atoms with van der Waals surface area (Å²) in [5, 5.41) is 2.14. The summed E-state index contributed by atoms with van der Waals surface area (Å²) < 4.78 is 2.78. The number of hydrogen-bond donors (Lipinski definition) is 0. The van der Waals surface area contributed by atoms with Crippen LogP contribution in [0.3, 0.4) is 0 Å². The number of rotatable bonds is 2. The van der Waals surface area contributed by atoms with Gasteiger partial charge in [0, 0.05) is 30.4 Å². The first-order chi connectivity index (χ1) is 12.1. The molecule has 0 radical (unpaired) electrons. The molecule has 3 nitrogen and oxygen atoms in total. The topological polar surface area (TPSA) is 38.1 Å². The second kappa shape index (κ2) is 6.94. The van der Waals surface area contributed by atoms with Crippen LogP contribution in [0.15, 0.2) is 73.1 Å². The van der Waals surface area contributed by atoms with E-state index in [9.17, 15) is 0 Å². The van der Waals surface area contributed by atoms with Gasteiger partial charge in [0.25, 0.3) is 0 Å². The van der Waals surface area contributed by atoms with Crippen LogP contribution in [-0.4, -0.2) is 16.2 Å². The Bertz CT molecular complexity index is 1120. The highest BCUT2D eigenvalue weighted by molar-refractivity contribution is 9.11. The summed E-state index contributed by atoms with van der Waals surface area (Å²) in [6, 6.07) is 16.0. The molecule has 0 unspecified atom stereocenters. The monoisotopic (exact) mass is 517 g/mol. The Labute approximate surface area is 169 Å². The fourth-order valence-corrected chi connectivity index (χ4v) is 5.06. The fourth-order valence-electron chi connectivity index (χ4n) is 2.60. The van der Waals surface area contributed by atoms with Gasteiger partial charge in [0.1, 0.15) is 0 Å². The van der Waals surface area contributed by atoms with Gasteiger partial charge in [0.05, 0.1) is 28.6 Å². The zero-order chi connectivity index (χ0) is 17.4. The van der Waals surface area contributed by atoms with Gasteiger partial charge >= 0.3 is 0 Å². The normalized spacial score (nSPS) is 11.6. The number of pyridine rings is 2. The summed E-state index contributed by atoms with van der Waals surface area (Å²) in [5.74, 6) is 0. The first-order valence-corrected chi connectivity index (χ1v) is 9.83. The number of nitrogens with zero attached hydrogens (tertiary/aromatic N) is 3. The molecule has 0 aliphatic rings. The van der Waals surface area contributed by atoms with Gasteiger partial charge in [-0.1, -0.05) is 40.2 Å². The van der Waals surface area contributed by atoms with Crippen molar-refractivity contribution in [1.29, 1.82) is 0 Å². The first kappa shape index (κ1) is 16.8. The van der Waals surface area contributed by atoms with E-state index >= 15 is 0 Å². The minimum absolute atomic E-state index is 0.785. The minimum atomic E-state index is 0.785. The van der Waals surface area contributed by atoms with Gasteiger partial charge in [0.15, 0.2) is 0 Å². The van der Waals surface area contributed by atoms with Crippen molar-refractivity contribution in [1.82, 2.24) is 9.97 Å². The molecule has 0 aliphatic heterocycles. The standard InChI is InChI=1S/C19H10Br3N3/c20-13-8-15(21)19(16(22)9-13)24-10-14-6-5-12-4-3-11-2-1-7-23-17(11)18(12)25-14/h1-10H/b24-10+. The van der Waals surface area contributed by atoms with Crippen molar-refractivity contribution in [2.75, 3.05) is 0 Å². The SMILES string of the molecule is Brc1cc(Br)c(/N=C/c2ccc3ccc4cccnc4c3n2)c(Br)c1. The zero-order valence-electron chi connectivity index (χ0n) is 12.7. The molecule has 0 N–H and O–H groups in total. The summed E-state index contributed by atoms with van der Waals surface area (Å²) in [7, 11) is 0. The quantitative estimate of drug-likeness (QED) is 0.215. The van der Waals surface area contributed by atoms with Crippen molar-refractivity contribution >= 4 is 81.5 Å². The molecule has 0 spiro atoms. The molecule has 6 heteroatoms. The Morgan fingerprint density at radius 3 is 2.28 bits per heavy atom. The van der Waals surface area contributed by atoms with E-state index in [1.807, 2.05) is 36.4 Å². The molecule has 0 saturated heterocycles. The first-order valence-electron chi connectivity index (χ1n) is 7.45. The molecule has 0 amide bonds. The molecule has 2 aromatic heterocycles. The molecule has 25 heavy (non-hydrogen) atoms. The van der Waals surface area contributed by atoms with Crippen LogP contribution in [0.2, 0.25) is 0 Å². The molecule has 122 valence electrons. The van der Waals surface area contributed by atoms with Crippen LogP contribution in [0.1, 0.15) is 5.69 Å². The molecular weight excluding hydrogens is 510 g/mol. The highest BCUT2D eigenvalue weighted by Crippen LogP contribution is 2.36. The third-order valence-corrected chi connectivity index (χ3v) is 5.43. The summed E-state index contributed by atoms with van der Waals surface area (Å²) in [6.45, 7) is 0. The number of halogens is 3. The van der Waals surface area contributed by atoms with E-state index in [4.69, 9.17) is 4.98 Å². The fraction of sp³-hybridized carbons (Fsp3) is 0. The molecule has 0 atom stereocenters. The van der Waals surface area contributed by atoms with E-state index < -0.39 is 0 Å². The van der Waals surface area contributed by atoms with E-state index in [0.29, 0.717) is 0 Å². The van der Waals surface area contributed by atoms with Crippen LogP contribution in [0.25, 0.3) is 21.8 Å². The predicted molar refractivity (Wildman–Crippen MR) is 114 cm³/mol. The Morgan fingerprint density at radius 1 is 0.840 bits per heavy atom. The maximum Gasteiger partial charge on any atom is 0.0972 e. The highest BCUT2D eigenvalue weighted by atomic mass is 79.9. The van der Waals surface area contributed by atoms with Crippen LogP contribution in [0, 0.1) is 0 Å². The lowest BCUT2D eigenvalue weighted by Crippen LogP contribution is -1.91. The largest absolute Gasteiger partial charge is 0.254 e.